The predicted molar refractivity (Wildman–Crippen MR) is 99.6 cm³/mol. The average molecular weight is 361 g/mol. The predicted octanol–water partition coefficient (Wildman–Crippen LogP) is 2.75. The van der Waals surface area contributed by atoms with Crippen molar-refractivity contribution in [2.75, 3.05) is 35.6 Å². The van der Waals surface area contributed by atoms with Crippen LogP contribution in [0.4, 0.5) is 11.4 Å². The lowest BCUT2D eigenvalue weighted by molar-refractivity contribution is 0.223. The number of ether oxygens (including phenoxy) is 1. The molecule has 0 unspecified atom stereocenters. The zero-order valence-corrected chi connectivity index (χ0v) is 15.1. The van der Waals surface area contributed by atoms with Gasteiger partial charge in [0.05, 0.1) is 12.9 Å². The van der Waals surface area contributed by atoms with Gasteiger partial charge in [0.1, 0.15) is 5.75 Å². The molecule has 1 aromatic carbocycles. The Morgan fingerprint density at radius 1 is 1.12 bits per heavy atom. The molecule has 0 radical (unpaired) electrons. The van der Waals surface area contributed by atoms with Crippen molar-refractivity contribution in [2.45, 2.75) is 12.8 Å². The highest BCUT2D eigenvalue weighted by Gasteiger charge is 2.20. The van der Waals surface area contributed by atoms with Gasteiger partial charge in [-0.2, -0.15) is 0 Å². The third-order valence-corrected chi connectivity index (χ3v) is 4.89. The van der Waals surface area contributed by atoms with Gasteiger partial charge in [-0.15, -0.1) is 0 Å². The maximum atomic E-state index is 11.2. The molecule has 25 heavy (non-hydrogen) atoms. The molecule has 2 aromatic rings. The molecule has 1 fully saturated rings. The maximum Gasteiger partial charge on any atom is 0.229 e. The molecule has 2 heterocycles. The fourth-order valence-electron chi connectivity index (χ4n) is 2.96. The largest absolute Gasteiger partial charge is 0.493 e. The van der Waals surface area contributed by atoms with Crippen LogP contribution < -0.4 is 14.4 Å². The zero-order chi connectivity index (χ0) is 17.7. The van der Waals surface area contributed by atoms with E-state index in [2.05, 4.69) is 14.6 Å². The molecule has 0 saturated carbocycles. The van der Waals surface area contributed by atoms with E-state index in [-0.39, 0.29) is 0 Å². The van der Waals surface area contributed by atoms with E-state index in [1.807, 2.05) is 24.5 Å². The molecule has 1 aliphatic heterocycles. The summed E-state index contributed by atoms with van der Waals surface area (Å²) in [5, 5.41) is 0. The normalized spacial score (nSPS) is 15.8. The van der Waals surface area contributed by atoms with Crippen molar-refractivity contribution in [3.05, 3.63) is 48.8 Å². The number of nitrogens with one attached hydrogen (secondary N) is 1. The van der Waals surface area contributed by atoms with Crippen LogP contribution >= 0.6 is 0 Å². The van der Waals surface area contributed by atoms with Gasteiger partial charge in [-0.3, -0.25) is 9.71 Å². The fraction of sp³-hybridized carbons (Fsp3) is 0.389. The van der Waals surface area contributed by atoms with Gasteiger partial charge in [0.2, 0.25) is 10.0 Å². The van der Waals surface area contributed by atoms with Crippen molar-refractivity contribution in [2.24, 2.45) is 5.92 Å². The Morgan fingerprint density at radius 2 is 1.76 bits per heavy atom. The second-order valence-electron chi connectivity index (χ2n) is 6.35. The average Bonchev–Trinajstić information content (AvgIpc) is 2.61. The molecule has 1 N–H and O–H groups in total. The summed E-state index contributed by atoms with van der Waals surface area (Å²) in [6.45, 7) is 2.73. The van der Waals surface area contributed by atoms with E-state index >= 15 is 0 Å². The van der Waals surface area contributed by atoms with E-state index in [1.54, 1.807) is 24.3 Å². The molecule has 1 saturated heterocycles. The van der Waals surface area contributed by atoms with E-state index in [9.17, 15) is 8.42 Å². The van der Waals surface area contributed by atoms with Crippen LogP contribution in [0.2, 0.25) is 0 Å². The summed E-state index contributed by atoms with van der Waals surface area (Å²) >= 11 is 0. The van der Waals surface area contributed by atoms with Gasteiger partial charge < -0.3 is 9.64 Å². The van der Waals surface area contributed by atoms with Crippen LogP contribution in [-0.4, -0.2) is 39.4 Å². The van der Waals surface area contributed by atoms with Crippen LogP contribution in [0.3, 0.4) is 0 Å². The van der Waals surface area contributed by atoms with Crippen LogP contribution in [0.1, 0.15) is 12.8 Å². The summed E-state index contributed by atoms with van der Waals surface area (Å²) in [7, 11) is -3.25. The van der Waals surface area contributed by atoms with Crippen molar-refractivity contribution < 1.29 is 13.2 Å². The molecule has 7 heteroatoms. The number of benzene rings is 1. The Bertz CT molecular complexity index is 771. The van der Waals surface area contributed by atoms with Crippen molar-refractivity contribution in [1.29, 1.82) is 0 Å². The first-order chi connectivity index (χ1) is 12.0. The topological polar surface area (TPSA) is 71.5 Å². The summed E-state index contributed by atoms with van der Waals surface area (Å²) in [5.74, 6) is 1.29. The van der Waals surface area contributed by atoms with Crippen molar-refractivity contribution >= 4 is 21.4 Å². The molecule has 1 aliphatic rings. The second-order valence-corrected chi connectivity index (χ2v) is 8.09. The maximum absolute atomic E-state index is 11.2. The van der Waals surface area contributed by atoms with Crippen LogP contribution in [0.15, 0.2) is 48.8 Å². The van der Waals surface area contributed by atoms with E-state index in [1.165, 1.54) is 5.69 Å². The number of pyridine rings is 1. The Hall–Kier alpha value is -2.28. The molecule has 1 aromatic heterocycles. The van der Waals surface area contributed by atoms with Crippen LogP contribution in [-0.2, 0) is 10.0 Å². The van der Waals surface area contributed by atoms with E-state index in [0.717, 1.165) is 37.9 Å². The molecule has 134 valence electrons. The van der Waals surface area contributed by atoms with E-state index < -0.39 is 10.0 Å². The van der Waals surface area contributed by atoms with Crippen LogP contribution in [0.5, 0.6) is 5.75 Å². The third-order valence-electron chi connectivity index (χ3n) is 4.29. The molecular formula is C18H23N3O3S. The lowest BCUT2D eigenvalue weighted by atomic mass is 9.97. The SMILES string of the molecule is CS(=O)(=O)Nc1ccc(OCC2CCN(c3ccncc3)CC2)cc1. The van der Waals surface area contributed by atoms with Crippen LogP contribution in [0, 0.1) is 5.92 Å². The van der Waals surface area contributed by atoms with E-state index in [0.29, 0.717) is 18.2 Å². The Morgan fingerprint density at radius 3 is 2.36 bits per heavy atom. The molecule has 0 atom stereocenters. The number of sulfonamides is 1. The smallest absolute Gasteiger partial charge is 0.229 e. The lowest BCUT2D eigenvalue weighted by Gasteiger charge is -2.33. The summed E-state index contributed by atoms with van der Waals surface area (Å²) in [6.07, 6.45) is 6.97. The Kier molecular flexibility index (Phi) is 5.43. The van der Waals surface area contributed by atoms with Crippen molar-refractivity contribution in [3.8, 4) is 5.75 Å². The number of nitrogens with zero attached hydrogens (tertiary/aromatic N) is 2. The molecule has 0 aliphatic carbocycles. The molecular weight excluding hydrogens is 338 g/mol. The van der Waals surface area contributed by atoms with Crippen molar-refractivity contribution in [3.63, 3.8) is 0 Å². The minimum atomic E-state index is -3.25. The standard InChI is InChI=1S/C18H23N3O3S/c1-25(22,23)20-16-2-4-18(5-3-16)24-14-15-8-12-21(13-9-15)17-6-10-19-11-7-17/h2-7,10-11,15,20H,8-9,12-14H2,1H3. The number of anilines is 2. The summed E-state index contributed by atoms with van der Waals surface area (Å²) in [6, 6.07) is 11.1. The van der Waals surface area contributed by atoms with Gasteiger partial charge in [0, 0.05) is 36.9 Å². The first-order valence-electron chi connectivity index (χ1n) is 8.35. The summed E-state index contributed by atoms with van der Waals surface area (Å²) < 4.78 is 30.7. The minimum absolute atomic E-state index is 0.534. The first-order valence-corrected chi connectivity index (χ1v) is 10.2. The number of hydrogen-bond donors (Lipinski definition) is 1. The highest BCUT2D eigenvalue weighted by atomic mass is 32.2. The lowest BCUT2D eigenvalue weighted by Crippen LogP contribution is -2.35. The Balaban J connectivity index is 1.45. The van der Waals surface area contributed by atoms with Crippen LogP contribution in [0.25, 0.3) is 0 Å². The molecule has 0 spiro atoms. The quantitative estimate of drug-likeness (QED) is 0.857. The molecule has 6 nitrogen and oxygen atoms in total. The van der Waals surface area contributed by atoms with Gasteiger partial charge in [-0.25, -0.2) is 8.42 Å². The highest BCUT2D eigenvalue weighted by Crippen LogP contribution is 2.24. The highest BCUT2D eigenvalue weighted by molar-refractivity contribution is 7.92. The van der Waals surface area contributed by atoms with Gasteiger partial charge in [-0.05, 0) is 55.2 Å². The van der Waals surface area contributed by atoms with Gasteiger partial charge in [0.25, 0.3) is 0 Å². The van der Waals surface area contributed by atoms with E-state index in [4.69, 9.17) is 4.74 Å². The summed E-state index contributed by atoms with van der Waals surface area (Å²) in [4.78, 5) is 6.44. The second kappa shape index (κ2) is 7.74. The van der Waals surface area contributed by atoms with Gasteiger partial charge >= 0.3 is 0 Å². The number of piperidine rings is 1. The summed E-state index contributed by atoms with van der Waals surface area (Å²) in [5.41, 5.74) is 1.77. The van der Waals surface area contributed by atoms with Crippen molar-refractivity contribution in [1.82, 2.24) is 4.98 Å². The monoisotopic (exact) mass is 361 g/mol. The van der Waals surface area contributed by atoms with Gasteiger partial charge in [0.15, 0.2) is 0 Å². The zero-order valence-electron chi connectivity index (χ0n) is 14.3. The van der Waals surface area contributed by atoms with Gasteiger partial charge in [-0.1, -0.05) is 0 Å². The number of aromatic nitrogens is 1. The first kappa shape index (κ1) is 17.5. The number of rotatable bonds is 6. The fourth-order valence-corrected chi connectivity index (χ4v) is 3.52. The molecule has 0 bridgehead atoms. The minimum Gasteiger partial charge on any atom is -0.493 e. The molecule has 3 rings (SSSR count). The third kappa shape index (κ3) is 5.35. The number of hydrogen-bond acceptors (Lipinski definition) is 5. The Labute approximate surface area is 148 Å². The molecule has 0 amide bonds.